The number of hydrogen-bond donors (Lipinski definition) is 1. The van der Waals surface area contributed by atoms with Crippen LogP contribution in [0, 0.1) is 28.7 Å². The van der Waals surface area contributed by atoms with E-state index in [-0.39, 0.29) is 29.3 Å². The maximum absolute atomic E-state index is 13.6. The number of anilines is 1. The molecule has 0 atom stereocenters. The van der Waals surface area contributed by atoms with E-state index in [4.69, 9.17) is 0 Å². The first-order valence-corrected chi connectivity index (χ1v) is 6.33. The van der Waals surface area contributed by atoms with Gasteiger partial charge in [0.25, 0.3) is 0 Å². The van der Waals surface area contributed by atoms with Gasteiger partial charge in [-0.2, -0.15) is 5.10 Å². The molecule has 112 valence electrons. The number of nitrogens with zero attached hydrogens (tertiary/aromatic N) is 3. The average molecular weight is 296 g/mol. The number of aromatic nitrogens is 2. The van der Waals surface area contributed by atoms with Crippen molar-refractivity contribution in [1.29, 1.82) is 0 Å². The molecule has 0 aliphatic carbocycles. The monoisotopic (exact) mass is 296 g/mol. The zero-order valence-electron chi connectivity index (χ0n) is 11.6. The Bertz CT molecular complexity index is 685. The highest BCUT2D eigenvalue weighted by atomic mass is 19.1. The second-order valence-corrected chi connectivity index (χ2v) is 4.44. The zero-order valence-corrected chi connectivity index (χ0v) is 11.6. The molecule has 21 heavy (non-hydrogen) atoms. The van der Waals surface area contributed by atoms with Crippen LogP contribution in [0.15, 0.2) is 18.2 Å². The van der Waals surface area contributed by atoms with Crippen molar-refractivity contribution in [2.24, 2.45) is 0 Å². The van der Waals surface area contributed by atoms with Gasteiger partial charge < -0.3 is 5.32 Å². The predicted molar refractivity (Wildman–Crippen MR) is 73.0 cm³/mol. The Hall–Kier alpha value is -2.51. The normalized spacial score (nSPS) is 10.7. The standard InChI is InChI=1S/C13H14F2N4O2/c1-3-18-13(12(19(20)21)8(2)17-18)16-7-9-4-5-10(14)6-11(9)15/h4-6,16H,3,7H2,1-2H3. The van der Waals surface area contributed by atoms with Gasteiger partial charge in [0.15, 0.2) is 0 Å². The van der Waals surface area contributed by atoms with Crippen LogP contribution in [-0.2, 0) is 13.1 Å². The van der Waals surface area contributed by atoms with Gasteiger partial charge in [-0.05, 0) is 19.9 Å². The Morgan fingerprint density at radius 3 is 2.71 bits per heavy atom. The van der Waals surface area contributed by atoms with Crippen LogP contribution in [0.5, 0.6) is 0 Å². The summed E-state index contributed by atoms with van der Waals surface area (Å²) in [5, 5.41) is 17.9. The van der Waals surface area contributed by atoms with Gasteiger partial charge >= 0.3 is 5.69 Å². The third-order valence-electron chi connectivity index (χ3n) is 3.04. The van der Waals surface area contributed by atoms with E-state index in [9.17, 15) is 18.9 Å². The quantitative estimate of drug-likeness (QED) is 0.680. The van der Waals surface area contributed by atoms with Gasteiger partial charge in [-0.3, -0.25) is 10.1 Å². The average Bonchev–Trinajstić information content (AvgIpc) is 2.74. The van der Waals surface area contributed by atoms with Gasteiger partial charge in [0.05, 0.1) is 4.92 Å². The van der Waals surface area contributed by atoms with Crippen LogP contribution in [0.1, 0.15) is 18.2 Å². The van der Waals surface area contributed by atoms with E-state index >= 15 is 0 Å². The molecule has 0 radical (unpaired) electrons. The molecule has 0 unspecified atom stereocenters. The number of halogens is 2. The molecule has 6 nitrogen and oxygen atoms in total. The van der Waals surface area contributed by atoms with E-state index in [2.05, 4.69) is 10.4 Å². The van der Waals surface area contributed by atoms with E-state index < -0.39 is 16.6 Å². The van der Waals surface area contributed by atoms with Crippen LogP contribution in [0.4, 0.5) is 20.3 Å². The van der Waals surface area contributed by atoms with E-state index in [0.717, 1.165) is 12.1 Å². The van der Waals surface area contributed by atoms with Gasteiger partial charge in [0.1, 0.15) is 17.3 Å². The number of hydrogen-bond acceptors (Lipinski definition) is 4. The van der Waals surface area contributed by atoms with Gasteiger partial charge in [-0.15, -0.1) is 0 Å². The van der Waals surface area contributed by atoms with Crippen LogP contribution in [0.2, 0.25) is 0 Å². The summed E-state index contributed by atoms with van der Waals surface area (Å²) in [6, 6.07) is 3.20. The molecule has 8 heteroatoms. The van der Waals surface area contributed by atoms with Crippen molar-refractivity contribution in [3.63, 3.8) is 0 Å². The Labute approximate surface area is 119 Å². The molecule has 0 saturated heterocycles. The third-order valence-corrected chi connectivity index (χ3v) is 3.04. The van der Waals surface area contributed by atoms with Crippen molar-refractivity contribution < 1.29 is 13.7 Å². The van der Waals surface area contributed by atoms with Crippen LogP contribution < -0.4 is 5.32 Å². The fourth-order valence-electron chi connectivity index (χ4n) is 2.04. The summed E-state index contributed by atoms with van der Waals surface area (Å²) < 4.78 is 27.8. The fraction of sp³-hybridized carbons (Fsp3) is 0.308. The lowest BCUT2D eigenvalue weighted by Crippen LogP contribution is -2.09. The number of nitro groups is 1. The summed E-state index contributed by atoms with van der Waals surface area (Å²) in [4.78, 5) is 10.6. The van der Waals surface area contributed by atoms with Crippen molar-refractivity contribution in [2.75, 3.05) is 5.32 Å². The van der Waals surface area contributed by atoms with Crippen LogP contribution in [0.3, 0.4) is 0 Å². The first-order chi connectivity index (χ1) is 9.93. The van der Waals surface area contributed by atoms with Crippen molar-refractivity contribution in [2.45, 2.75) is 26.9 Å². The molecular formula is C13H14F2N4O2. The van der Waals surface area contributed by atoms with E-state index in [1.807, 2.05) is 0 Å². The molecule has 0 amide bonds. The number of benzene rings is 1. The molecule has 1 heterocycles. The molecule has 1 aromatic carbocycles. The SMILES string of the molecule is CCn1nc(C)c([N+](=O)[O-])c1NCc1ccc(F)cc1F. The van der Waals surface area contributed by atoms with Gasteiger partial charge in [0, 0.05) is 24.7 Å². The maximum atomic E-state index is 13.6. The predicted octanol–water partition coefficient (Wildman–Crippen LogP) is 3.01. The summed E-state index contributed by atoms with van der Waals surface area (Å²) in [7, 11) is 0. The summed E-state index contributed by atoms with van der Waals surface area (Å²) in [5.74, 6) is -1.16. The molecule has 0 aliphatic heterocycles. The molecule has 0 saturated carbocycles. The largest absolute Gasteiger partial charge is 0.360 e. The van der Waals surface area contributed by atoms with Gasteiger partial charge in [0.2, 0.25) is 5.82 Å². The summed E-state index contributed by atoms with van der Waals surface area (Å²) >= 11 is 0. The molecule has 0 bridgehead atoms. The maximum Gasteiger partial charge on any atom is 0.333 e. The summed E-state index contributed by atoms with van der Waals surface area (Å²) in [5.41, 5.74) is 0.357. The molecule has 0 spiro atoms. The van der Waals surface area contributed by atoms with E-state index in [0.29, 0.717) is 6.54 Å². The van der Waals surface area contributed by atoms with Crippen LogP contribution >= 0.6 is 0 Å². The Morgan fingerprint density at radius 1 is 1.43 bits per heavy atom. The van der Waals surface area contributed by atoms with Gasteiger partial charge in [-0.1, -0.05) is 6.07 Å². The highest BCUT2D eigenvalue weighted by Crippen LogP contribution is 2.28. The van der Waals surface area contributed by atoms with Crippen molar-refractivity contribution in [3.8, 4) is 0 Å². The zero-order chi connectivity index (χ0) is 15.6. The lowest BCUT2D eigenvalue weighted by Gasteiger charge is -2.08. The topological polar surface area (TPSA) is 73.0 Å². The third kappa shape index (κ3) is 2.99. The number of aryl methyl sites for hydroxylation is 2. The van der Waals surface area contributed by atoms with Crippen LogP contribution in [-0.4, -0.2) is 14.7 Å². The van der Waals surface area contributed by atoms with E-state index in [1.165, 1.54) is 17.7 Å². The fourth-order valence-corrected chi connectivity index (χ4v) is 2.04. The minimum absolute atomic E-state index is 0.00190. The highest BCUT2D eigenvalue weighted by Gasteiger charge is 2.24. The smallest absolute Gasteiger partial charge is 0.333 e. The van der Waals surface area contributed by atoms with Gasteiger partial charge in [-0.25, -0.2) is 13.5 Å². The molecular weight excluding hydrogens is 282 g/mol. The lowest BCUT2D eigenvalue weighted by molar-refractivity contribution is -0.384. The van der Waals surface area contributed by atoms with Crippen molar-refractivity contribution in [1.82, 2.24) is 9.78 Å². The van der Waals surface area contributed by atoms with Crippen molar-refractivity contribution in [3.05, 3.63) is 51.2 Å². The molecule has 1 aromatic heterocycles. The molecule has 1 N–H and O–H groups in total. The Balaban J connectivity index is 2.29. The molecule has 0 fully saturated rings. The van der Waals surface area contributed by atoms with Crippen LogP contribution in [0.25, 0.3) is 0 Å². The Morgan fingerprint density at radius 2 is 2.14 bits per heavy atom. The summed E-state index contributed by atoms with van der Waals surface area (Å²) in [6.07, 6.45) is 0. The van der Waals surface area contributed by atoms with E-state index in [1.54, 1.807) is 6.92 Å². The first-order valence-electron chi connectivity index (χ1n) is 6.33. The molecule has 0 aliphatic rings. The molecule has 2 rings (SSSR count). The minimum atomic E-state index is -0.704. The number of rotatable bonds is 5. The minimum Gasteiger partial charge on any atom is -0.360 e. The lowest BCUT2D eigenvalue weighted by atomic mass is 10.2. The second-order valence-electron chi connectivity index (χ2n) is 4.44. The first kappa shape index (κ1) is 14.9. The highest BCUT2D eigenvalue weighted by molar-refractivity contribution is 5.59. The number of nitrogens with one attached hydrogen (secondary N) is 1. The summed E-state index contributed by atoms with van der Waals surface area (Å²) in [6.45, 7) is 3.76. The second kappa shape index (κ2) is 5.86. The van der Waals surface area contributed by atoms with Crippen molar-refractivity contribution >= 4 is 11.5 Å². The molecule has 2 aromatic rings. The Kier molecular flexibility index (Phi) is 4.15.